The predicted molar refractivity (Wildman–Crippen MR) is 67.4 cm³/mol. The SMILES string of the molecule is O=C(N[C@H](C(=O)O)c1ccccc1)C1CC(O)CN1. The summed E-state index contributed by atoms with van der Waals surface area (Å²) in [4.78, 5) is 23.2. The molecule has 0 aliphatic carbocycles. The highest BCUT2D eigenvalue weighted by Gasteiger charge is 2.31. The number of aliphatic carboxylic acids is 1. The van der Waals surface area contributed by atoms with Gasteiger partial charge in [0, 0.05) is 6.54 Å². The summed E-state index contributed by atoms with van der Waals surface area (Å²) in [7, 11) is 0. The summed E-state index contributed by atoms with van der Waals surface area (Å²) in [5.74, 6) is -1.52. The maximum absolute atomic E-state index is 11.9. The van der Waals surface area contributed by atoms with E-state index in [-0.39, 0.29) is 0 Å². The number of rotatable bonds is 4. The van der Waals surface area contributed by atoms with Crippen LogP contribution in [-0.2, 0) is 9.59 Å². The second-order valence-corrected chi connectivity index (χ2v) is 4.54. The smallest absolute Gasteiger partial charge is 0.330 e. The molecule has 6 heteroatoms. The lowest BCUT2D eigenvalue weighted by Crippen LogP contribution is -2.44. The summed E-state index contributed by atoms with van der Waals surface area (Å²) in [6, 6.07) is 6.89. The van der Waals surface area contributed by atoms with Gasteiger partial charge in [0.2, 0.25) is 5.91 Å². The first-order valence-electron chi connectivity index (χ1n) is 6.07. The minimum absolute atomic E-state index is 0.299. The van der Waals surface area contributed by atoms with Gasteiger partial charge in [-0.2, -0.15) is 0 Å². The lowest BCUT2D eigenvalue weighted by atomic mass is 10.1. The number of carbonyl (C=O) groups is 2. The average Bonchev–Trinajstić information content (AvgIpc) is 2.83. The Balaban J connectivity index is 2.05. The van der Waals surface area contributed by atoms with E-state index in [4.69, 9.17) is 0 Å². The Labute approximate surface area is 110 Å². The van der Waals surface area contributed by atoms with Gasteiger partial charge in [0.1, 0.15) is 0 Å². The van der Waals surface area contributed by atoms with Crippen molar-refractivity contribution in [3.05, 3.63) is 35.9 Å². The Bertz CT molecular complexity index is 463. The van der Waals surface area contributed by atoms with Gasteiger partial charge in [0.05, 0.1) is 12.1 Å². The van der Waals surface area contributed by atoms with Crippen molar-refractivity contribution in [2.24, 2.45) is 0 Å². The highest BCUT2D eigenvalue weighted by atomic mass is 16.4. The van der Waals surface area contributed by atoms with Crippen LogP contribution in [0.4, 0.5) is 0 Å². The minimum Gasteiger partial charge on any atom is -0.479 e. The number of aliphatic hydroxyl groups excluding tert-OH is 1. The summed E-state index contributed by atoms with van der Waals surface area (Å²) >= 11 is 0. The maximum Gasteiger partial charge on any atom is 0.330 e. The fourth-order valence-electron chi connectivity index (χ4n) is 2.09. The van der Waals surface area contributed by atoms with Gasteiger partial charge in [0.25, 0.3) is 0 Å². The van der Waals surface area contributed by atoms with E-state index in [0.29, 0.717) is 18.5 Å². The van der Waals surface area contributed by atoms with Crippen LogP contribution in [0.15, 0.2) is 30.3 Å². The second-order valence-electron chi connectivity index (χ2n) is 4.54. The number of hydrogen-bond acceptors (Lipinski definition) is 4. The van der Waals surface area contributed by atoms with Crippen LogP contribution < -0.4 is 10.6 Å². The van der Waals surface area contributed by atoms with Crippen LogP contribution in [0.5, 0.6) is 0 Å². The largest absolute Gasteiger partial charge is 0.479 e. The molecule has 19 heavy (non-hydrogen) atoms. The molecule has 1 aromatic rings. The molecule has 4 N–H and O–H groups in total. The fraction of sp³-hybridized carbons (Fsp3) is 0.385. The molecule has 102 valence electrons. The Morgan fingerprint density at radius 3 is 2.53 bits per heavy atom. The van der Waals surface area contributed by atoms with E-state index < -0.39 is 30.1 Å². The van der Waals surface area contributed by atoms with E-state index in [1.807, 2.05) is 0 Å². The number of β-amino-alcohol motifs (C(OH)–C–C–N with tert-alkyl or cyclic N) is 1. The first-order valence-corrected chi connectivity index (χ1v) is 6.07. The van der Waals surface area contributed by atoms with Gasteiger partial charge in [-0.15, -0.1) is 0 Å². The zero-order valence-electron chi connectivity index (χ0n) is 10.2. The Hall–Kier alpha value is -1.92. The average molecular weight is 264 g/mol. The van der Waals surface area contributed by atoms with Crippen molar-refractivity contribution >= 4 is 11.9 Å². The molecule has 1 amide bonds. The standard InChI is InChI=1S/C13H16N2O4/c16-9-6-10(14-7-9)12(17)15-11(13(18)19)8-4-2-1-3-5-8/h1-5,9-11,14,16H,6-7H2,(H,15,17)(H,18,19)/t9?,10?,11-/m0/s1. The zero-order chi connectivity index (χ0) is 13.8. The van der Waals surface area contributed by atoms with E-state index in [1.165, 1.54) is 0 Å². The molecule has 1 aliphatic rings. The molecule has 3 atom stereocenters. The molecule has 1 saturated heterocycles. The Kier molecular flexibility index (Phi) is 4.13. The normalized spacial score (nSPS) is 23.8. The highest BCUT2D eigenvalue weighted by molar-refractivity contribution is 5.87. The molecule has 0 saturated carbocycles. The van der Waals surface area contributed by atoms with Crippen molar-refractivity contribution in [3.8, 4) is 0 Å². The monoisotopic (exact) mass is 264 g/mol. The molecule has 0 aromatic heterocycles. The lowest BCUT2D eigenvalue weighted by molar-refractivity contribution is -0.142. The molecule has 2 rings (SSSR count). The number of benzene rings is 1. The van der Waals surface area contributed by atoms with Crippen LogP contribution in [0.1, 0.15) is 18.0 Å². The molecule has 0 bridgehead atoms. The van der Waals surface area contributed by atoms with Crippen LogP contribution >= 0.6 is 0 Å². The van der Waals surface area contributed by atoms with Crippen LogP contribution in [-0.4, -0.2) is 40.8 Å². The summed E-state index contributed by atoms with van der Waals surface area (Å²) in [6.07, 6.45) is -0.261. The molecule has 1 aromatic carbocycles. The third kappa shape index (κ3) is 3.30. The third-order valence-electron chi connectivity index (χ3n) is 3.09. The van der Waals surface area contributed by atoms with Gasteiger partial charge in [0.15, 0.2) is 6.04 Å². The first-order chi connectivity index (χ1) is 9.08. The number of carbonyl (C=O) groups excluding carboxylic acids is 1. The van der Waals surface area contributed by atoms with Gasteiger partial charge in [-0.05, 0) is 12.0 Å². The van der Waals surface area contributed by atoms with Gasteiger partial charge >= 0.3 is 5.97 Å². The number of carboxylic acids is 1. The highest BCUT2D eigenvalue weighted by Crippen LogP contribution is 2.14. The predicted octanol–water partition coefficient (Wildman–Crippen LogP) is -0.349. The number of hydrogen-bond donors (Lipinski definition) is 4. The van der Waals surface area contributed by atoms with Crippen molar-refractivity contribution in [2.45, 2.75) is 24.6 Å². The van der Waals surface area contributed by atoms with Crippen LogP contribution in [0.3, 0.4) is 0 Å². The molecule has 0 spiro atoms. The third-order valence-corrected chi connectivity index (χ3v) is 3.09. The number of aliphatic hydroxyl groups is 1. The first kappa shape index (κ1) is 13.5. The molecule has 6 nitrogen and oxygen atoms in total. The number of amides is 1. The Morgan fingerprint density at radius 1 is 1.32 bits per heavy atom. The van der Waals surface area contributed by atoms with Crippen molar-refractivity contribution in [1.82, 2.24) is 10.6 Å². The topological polar surface area (TPSA) is 98.7 Å². The van der Waals surface area contributed by atoms with Gasteiger partial charge in [-0.3, -0.25) is 4.79 Å². The van der Waals surface area contributed by atoms with Gasteiger partial charge in [-0.25, -0.2) is 4.79 Å². The quantitative estimate of drug-likeness (QED) is 0.596. The summed E-state index contributed by atoms with van der Waals surface area (Å²) in [5.41, 5.74) is 0.516. The Morgan fingerprint density at radius 2 is 2.00 bits per heavy atom. The zero-order valence-corrected chi connectivity index (χ0v) is 10.2. The maximum atomic E-state index is 11.9. The molecular weight excluding hydrogens is 248 g/mol. The van der Waals surface area contributed by atoms with Crippen molar-refractivity contribution in [3.63, 3.8) is 0 Å². The summed E-state index contributed by atoms with van der Waals surface area (Å²) in [5, 5.41) is 23.9. The molecule has 2 unspecified atom stereocenters. The lowest BCUT2D eigenvalue weighted by Gasteiger charge is -2.17. The number of carboxylic acid groups (broad SMARTS) is 1. The van der Waals surface area contributed by atoms with E-state index in [0.717, 1.165) is 0 Å². The summed E-state index contributed by atoms with van der Waals surface area (Å²) < 4.78 is 0. The van der Waals surface area contributed by atoms with E-state index in [2.05, 4.69) is 10.6 Å². The van der Waals surface area contributed by atoms with Gasteiger partial charge < -0.3 is 20.8 Å². The molecule has 1 aliphatic heterocycles. The fourth-order valence-corrected chi connectivity index (χ4v) is 2.09. The van der Waals surface area contributed by atoms with E-state index in [9.17, 15) is 19.8 Å². The number of nitrogens with one attached hydrogen (secondary N) is 2. The van der Waals surface area contributed by atoms with Crippen molar-refractivity contribution in [2.75, 3.05) is 6.54 Å². The van der Waals surface area contributed by atoms with Crippen molar-refractivity contribution in [1.29, 1.82) is 0 Å². The van der Waals surface area contributed by atoms with Gasteiger partial charge in [-0.1, -0.05) is 30.3 Å². The van der Waals surface area contributed by atoms with E-state index >= 15 is 0 Å². The van der Waals surface area contributed by atoms with Crippen LogP contribution in [0, 0.1) is 0 Å². The second kappa shape index (κ2) is 5.81. The molecule has 1 heterocycles. The van der Waals surface area contributed by atoms with Crippen LogP contribution in [0.25, 0.3) is 0 Å². The van der Waals surface area contributed by atoms with E-state index in [1.54, 1.807) is 30.3 Å². The minimum atomic E-state index is -1.11. The molecule has 1 fully saturated rings. The molecular formula is C13H16N2O4. The molecule has 0 radical (unpaired) electrons. The summed E-state index contributed by atoms with van der Waals surface area (Å²) in [6.45, 7) is 0.348. The van der Waals surface area contributed by atoms with Crippen molar-refractivity contribution < 1.29 is 19.8 Å². The van der Waals surface area contributed by atoms with Crippen LogP contribution in [0.2, 0.25) is 0 Å².